The summed E-state index contributed by atoms with van der Waals surface area (Å²) in [6.45, 7) is 0. The molecule has 9 nitrogen and oxygen atoms in total. The van der Waals surface area contributed by atoms with E-state index in [9.17, 15) is 29.6 Å². The summed E-state index contributed by atoms with van der Waals surface area (Å²) in [6.07, 6.45) is 1.35. The molecule has 3 rings (SSSR count). The van der Waals surface area contributed by atoms with Gasteiger partial charge in [0.15, 0.2) is 0 Å². The fourth-order valence-corrected chi connectivity index (χ4v) is 3.60. The largest absolute Gasteiger partial charge is 0.480 e. The van der Waals surface area contributed by atoms with Gasteiger partial charge in [-0.15, -0.1) is 0 Å². The number of non-ortho nitro benzene ring substituents is 1. The van der Waals surface area contributed by atoms with Crippen molar-refractivity contribution in [3.05, 3.63) is 116 Å². The molecular formula is C25H20BrN3O6. The highest BCUT2D eigenvalue weighted by Gasteiger charge is 2.24. The Labute approximate surface area is 208 Å². The summed E-state index contributed by atoms with van der Waals surface area (Å²) in [6, 6.07) is 19.5. The SMILES string of the molecule is O=C(NC(Cc1ccccc1)C(=O)O)C(=Cc1ccc([N+](=O)[O-])cc1)NC(=O)c1ccccc1Br. The van der Waals surface area contributed by atoms with E-state index in [1.807, 2.05) is 0 Å². The molecule has 0 aliphatic rings. The third-order valence-corrected chi connectivity index (χ3v) is 5.60. The van der Waals surface area contributed by atoms with Crippen molar-refractivity contribution in [1.82, 2.24) is 10.6 Å². The van der Waals surface area contributed by atoms with Crippen LogP contribution in [-0.4, -0.2) is 33.9 Å². The fraction of sp³-hybridized carbons (Fsp3) is 0.0800. The number of halogens is 1. The van der Waals surface area contributed by atoms with Gasteiger partial charge in [-0.3, -0.25) is 19.7 Å². The number of nitrogens with zero attached hydrogens (tertiary/aromatic N) is 1. The lowest BCUT2D eigenvalue weighted by molar-refractivity contribution is -0.384. The second-order valence-corrected chi connectivity index (χ2v) is 8.25. The number of carboxylic acids is 1. The molecule has 1 atom stereocenters. The van der Waals surface area contributed by atoms with Crippen molar-refractivity contribution in [2.24, 2.45) is 0 Å². The lowest BCUT2D eigenvalue weighted by Gasteiger charge is -2.17. The Bertz CT molecular complexity index is 1280. The van der Waals surface area contributed by atoms with Crippen molar-refractivity contribution in [3.63, 3.8) is 0 Å². The second-order valence-electron chi connectivity index (χ2n) is 7.39. The first-order valence-electron chi connectivity index (χ1n) is 10.3. The summed E-state index contributed by atoms with van der Waals surface area (Å²) in [5, 5.41) is 25.5. The molecule has 3 N–H and O–H groups in total. The highest BCUT2D eigenvalue weighted by Crippen LogP contribution is 2.18. The molecule has 0 aliphatic heterocycles. The van der Waals surface area contributed by atoms with Gasteiger partial charge in [0.2, 0.25) is 0 Å². The number of benzene rings is 3. The number of nitrogens with one attached hydrogen (secondary N) is 2. The summed E-state index contributed by atoms with van der Waals surface area (Å²) >= 11 is 3.29. The van der Waals surface area contributed by atoms with Gasteiger partial charge in [0, 0.05) is 23.0 Å². The summed E-state index contributed by atoms with van der Waals surface area (Å²) in [5.41, 5.74) is 0.994. The van der Waals surface area contributed by atoms with Crippen LogP contribution in [0.3, 0.4) is 0 Å². The van der Waals surface area contributed by atoms with Crippen molar-refractivity contribution in [3.8, 4) is 0 Å². The third kappa shape index (κ3) is 7.08. The van der Waals surface area contributed by atoms with Crippen LogP contribution in [0.15, 0.2) is 89.0 Å². The van der Waals surface area contributed by atoms with Gasteiger partial charge in [0.25, 0.3) is 17.5 Å². The van der Waals surface area contributed by atoms with Crippen LogP contribution >= 0.6 is 15.9 Å². The van der Waals surface area contributed by atoms with E-state index in [2.05, 4.69) is 26.6 Å². The number of nitro groups is 1. The number of rotatable bonds is 9. The number of carbonyl (C=O) groups excluding carboxylic acids is 2. The number of aliphatic carboxylic acids is 1. The molecule has 0 aromatic heterocycles. The van der Waals surface area contributed by atoms with Crippen molar-refractivity contribution >= 4 is 45.5 Å². The molecule has 0 spiro atoms. The summed E-state index contributed by atoms with van der Waals surface area (Å²) in [4.78, 5) is 48.1. The predicted octanol–water partition coefficient (Wildman–Crippen LogP) is 3.94. The maximum atomic E-state index is 13.1. The summed E-state index contributed by atoms with van der Waals surface area (Å²) in [7, 11) is 0. The van der Waals surface area contributed by atoms with Gasteiger partial charge >= 0.3 is 5.97 Å². The third-order valence-electron chi connectivity index (χ3n) is 4.91. The normalized spacial score (nSPS) is 11.9. The van der Waals surface area contributed by atoms with Crippen molar-refractivity contribution < 1.29 is 24.4 Å². The molecule has 0 radical (unpaired) electrons. The Morgan fingerprint density at radius 2 is 1.60 bits per heavy atom. The number of carboxylic acid groups (broad SMARTS) is 1. The molecule has 178 valence electrons. The molecular weight excluding hydrogens is 518 g/mol. The first kappa shape index (κ1) is 25.3. The van der Waals surface area contributed by atoms with E-state index >= 15 is 0 Å². The zero-order valence-corrected chi connectivity index (χ0v) is 19.8. The fourth-order valence-electron chi connectivity index (χ4n) is 3.14. The van der Waals surface area contributed by atoms with Crippen LogP contribution in [0.4, 0.5) is 5.69 Å². The number of carbonyl (C=O) groups is 3. The van der Waals surface area contributed by atoms with Gasteiger partial charge in [-0.2, -0.15) is 0 Å². The van der Waals surface area contributed by atoms with E-state index in [-0.39, 0.29) is 23.4 Å². The first-order chi connectivity index (χ1) is 16.7. The topological polar surface area (TPSA) is 139 Å². The summed E-state index contributed by atoms with van der Waals surface area (Å²) < 4.78 is 0.500. The average Bonchev–Trinajstić information content (AvgIpc) is 2.84. The molecule has 0 aliphatic carbocycles. The van der Waals surface area contributed by atoms with Crippen molar-refractivity contribution in [1.29, 1.82) is 0 Å². The van der Waals surface area contributed by atoms with Crippen LogP contribution in [0, 0.1) is 10.1 Å². The minimum Gasteiger partial charge on any atom is -0.480 e. The van der Waals surface area contributed by atoms with Crippen LogP contribution < -0.4 is 10.6 Å². The van der Waals surface area contributed by atoms with Gasteiger partial charge in [-0.05, 0) is 57.4 Å². The Morgan fingerprint density at radius 1 is 0.971 bits per heavy atom. The maximum absolute atomic E-state index is 13.1. The van der Waals surface area contributed by atoms with Gasteiger partial charge < -0.3 is 15.7 Å². The van der Waals surface area contributed by atoms with E-state index in [0.29, 0.717) is 15.6 Å². The Balaban J connectivity index is 1.90. The molecule has 0 bridgehead atoms. The van der Waals surface area contributed by atoms with Crippen molar-refractivity contribution in [2.75, 3.05) is 0 Å². The quantitative estimate of drug-likeness (QED) is 0.214. The molecule has 2 amide bonds. The maximum Gasteiger partial charge on any atom is 0.326 e. The molecule has 10 heteroatoms. The molecule has 0 saturated heterocycles. The lowest BCUT2D eigenvalue weighted by atomic mass is 10.1. The number of amides is 2. The van der Waals surface area contributed by atoms with E-state index in [1.165, 1.54) is 30.3 Å². The second kappa shape index (κ2) is 11.7. The van der Waals surface area contributed by atoms with Gasteiger partial charge in [-0.25, -0.2) is 4.79 Å². The van der Waals surface area contributed by atoms with Crippen molar-refractivity contribution in [2.45, 2.75) is 12.5 Å². The van der Waals surface area contributed by atoms with E-state index < -0.39 is 28.7 Å². The van der Waals surface area contributed by atoms with E-state index in [1.54, 1.807) is 54.6 Å². The lowest BCUT2D eigenvalue weighted by Crippen LogP contribution is -2.45. The van der Waals surface area contributed by atoms with Crippen LogP contribution in [0.25, 0.3) is 6.08 Å². The van der Waals surface area contributed by atoms with Crippen LogP contribution in [0.2, 0.25) is 0 Å². The Morgan fingerprint density at radius 3 is 2.20 bits per heavy atom. The molecule has 1 unspecified atom stereocenters. The number of hydrogen-bond donors (Lipinski definition) is 3. The number of nitro benzene ring substituents is 1. The zero-order chi connectivity index (χ0) is 25.4. The minimum atomic E-state index is -1.26. The van der Waals surface area contributed by atoms with Crippen LogP contribution in [-0.2, 0) is 16.0 Å². The van der Waals surface area contributed by atoms with Crippen LogP contribution in [0.1, 0.15) is 21.5 Å². The number of hydrogen-bond acceptors (Lipinski definition) is 5. The van der Waals surface area contributed by atoms with Gasteiger partial charge in [-0.1, -0.05) is 42.5 Å². The smallest absolute Gasteiger partial charge is 0.326 e. The van der Waals surface area contributed by atoms with E-state index in [0.717, 1.165) is 0 Å². The molecule has 35 heavy (non-hydrogen) atoms. The highest BCUT2D eigenvalue weighted by atomic mass is 79.9. The molecule has 3 aromatic rings. The Kier molecular flexibility index (Phi) is 8.47. The summed E-state index contributed by atoms with van der Waals surface area (Å²) in [5.74, 6) is -2.67. The molecule has 3 aromatic carbocycles. The van der Waals surface area contributed by atoms with Gasteiger partial charge in [0.1, 0.15) is 11.7 Å². The molecule has 0 saturated carbocycles. The molecule has 0 heterocycles. The highest BCUT2D eigenvalue weighted by molar-refractivity contribution is 9.10. The average molecular weight is 538 g/mol. The standard InChI is InChI=1S/C25H20BrN3O6/c26-20-9-5-4-8-19(20)23(30)27-21(14-17-10-12-18(13-11-17)29(34)35)24(31)28-22(25(32)33)15-16-6-2-1-3-7-16/h1-14,22H,15H2,(H,27,30)(H,28,31)(H,32,33). The predicted molar refractivity (Wildman–Crippen MR) is 132 cm³/mol. The van der Waals surface area contributed by atoms with Crippen LogP contribution in [0.5, 0.6) is 0 Å². The first-order valence-corrected chi connectivity index (χ1v) is 11.1. The monoisotopic (exact) mass is 537 g/mol. The molecule has 0 fully saturated rings. The van der Waals surface area contributed by atoms with Gasteiger partial charge in [0.05, 0.1) is 10.5 Å². The van der Waals surface area contributed by atoms with E-state index in [4.69, 9.17) is 0 Å². The zero-order valence-electron chi connectivity index (χ0n) is 18.2. The minimum absolute atomic E-state index is 0.0326. The Hall–Kier alpha value is -4.31.